The molecule has 0 saturated heterocycles. The molecule has 1 aromatic heterocycles. The average Bonchev–Trinajstić information content (AvgIpc) is 3.25. The number of carbonyl (C=O) groups excluding carboxylic acids is 1. The fourth-order valence-electron chi connectivity index (χ4n) is 3.16. The first-order valence-electron chi connectivity index (χ1n) is 8.30. The molecular weight excluding hydrogens is 298 g/mol. The predicted molar refractivity (Wildman–Crippen MR) is 87.2 cm³/mol. The highest BCUT2D eigenvalue weighted by Gasteiger charge is 2.33. The second-order valence-corrected chi connectivity index (χ2v) is 7.44. The number of fused-ring (bicyclic) bond motifs is 1. The maximum absolute atomic E-state index is 11.7. The molecule has 3 rings (SSSR count). The Kier molecular flexibility index (Phi) is 4.98. The van der Waals surface area contributed by atoms with E-state index in [-0.39, 0.29) is 12.1 Å². The average molecular weight is 323 g/mol. The lowest BCUT2D eigenvalue weighted by Gasteiger charge is -2.26. The van der Waals surface area contributed by atoms with Crippen LogP contribution in [0.5, 0.6) is 0 Å². The third kappa shape index (κ3) is 3.79. The lowest BCUT2D eigenvalue weighted by Crippen LogP contribution is -2.44. The largest absolute Gasteiger partial charge is 0.450 e. The van der Waals surface area contributed by atoms with E-state index in [0.717, 1.165) is 24.4 Å². The van der Waals surface area contributed by atoms with E-state index in [1.807, 2.05) is 18.3 Å². The minimum Gasteiger partial charge on any atom is -0.450 e. The zero-order valence-electron chi connectivity index (χ0n) is 13.4. The van der Waals surface area contributed by atoms with Crippen molar-refractivity contribution in [2.24, 2.45) is 5.92 Å². The van der Waals surface area contributed by atoms with Crippen molar-refractivity contribution in [3.63, 3.8) is 0 Å². The van der Waals surface area contributed by atoms with E-state index in [1.54, 1.807) is 0 Å². The number of rotatable bonds is 6. The van der Waals surface area contributed by atoms with Crippen LogP contribution in [0, 0.1) is 12.8 Å². The number of aryl methyl sites for hydroxylation is 2. The Balaban J connectivity index is 1.57. The molecule has 6 heteroatoms. The summed E-state index contributed by atoms with van der Waals surface area (Å²) in [6.45, 7) is 5.14. The van der Waals surface area contributed by atoms with Gasteiger partial charge in [0.25, 0.3) is 0 Å². The van der Waals surface area contributed by atoms with Gasteiger partial charge in [0.05, 0.1) is 17.3 Å². The van der Waals surface area contributed by atoms with Gasteiger partial charge in [-0.2, -0.15) is 0 Å². The molecule has 0 spiro atoms. The fourth-order valence-corrected chi connectivity index (χ4v) is 4.25. The third-order valence-electron chi connectivity index (χ3n) is 4.41. The summed E-state index contributed by atoms with van der Waals surface area (Å²) in [5.74, 6) is 0.600. The van der Waals surface area contributed by atoms with Crippen LogP contribution in [0.25, 0.3) is 0 Å². The number of nitrogens with one attached hydrogen (secondary N) is 2. The molecule has 1 amide bonds. The predicted octanol–water partition coefficient (Wildman–Crippen LogP) is 2.94. The van der Waals surface area contributed by atoms with Crippen LogP contribution in [0.3, 0.4) is 0 Å². The van der Waals surface area contributed by atoms with E-state index in [2.05, 4.69) is 22.5 Å². The second-order valence-electron chi connectivity index (χ2n) is 6.21. The van der Waals surface area contributed by atoms with E-state index in [9.17, 15) is 4.79 Å². The Hall–Kier alpha value is -1.14. The van der Waals surface area contributed by atoms with Gasteiger partial charge in [0.2, 0.25) is 0 Å². The van der Waals surface area contributed by atoms with Gasteiger partial charge in [0.1, 0.15) is 0 Å². The SMILES string of the molecule is CCOC(=O)N[C@H](CN[C@@H]1CCCc2nc(C)sc21)C1CC1. The number of alkyl carbamates (subject to hydrolysis) is 1. The summed E-state index contributed by atoms with van der Waals surface area (Å²) in [7, 11) is 0. The van der Waals surface area contributed by atoms with E-state index < -0.39 is 0 Å². The number of amides is 1. The lowest BCUT2D eigenvalue weighted by molar-refractivity contribution is 0.146. The molecule has 1 fully saturated rings. The van der Waals surface area contributed by atoms with Crippen LogP contribution in [-0.2, 0) is 11.2 Å². The van der Waals surface area contributed by atoms with Gasteiger partial charge in [-0.05, 0) is 51.9 Å². The first kappa shape index (κ1) is 15.7. The Morgan fingerprint density at radius 3 is 3.00 bits per heavy atom. The summed E-state index contributed by atoms with van der Waals surface area (Å²) in [5, 5.41) is 7.83. The van der Waals surface area contributed by atoms with Crippen molar-refractivity contribution in [1.82, 2.24) is 15.6 Å². The highest BCUT2D eigenvalue weighted by molar-refractivity contribution is 7.11. The lowest BCUT2D eigenvalue weighted by atomic mass is 9.97. The summed E-state index contributed by atoms with van der Waals surface area (Å²) >= 11 is 1.81. The van der Waals surface area contributed by atoms with Crippen LogP contribution in [0.1, 0.15) is 54.2 Å². The summed E-state index contributed by atoms with van der Waals surface area (Å²) in [6, 6.07) is 0.568. The van der Waals surface area contributed by atoms with Gasteiger partial charge >= 0.3 is 6.09 Å². The highest BCUT2D eigenvalue weighted by atomic mass is 32.1. The zero-order chi connectivity index (χ0) is 15.5. The van der Waals surface area contributed by atoms with Crippen molar-refractivity contribution in [1.29, 1.82) is 0 Å². The minimum absolute atomic E-state index is 0.179. The highest BCUT2D eigenvalue weighted by Crippen LogP contribution is 2.35. The molecule has 22 heavy (non-hydrogen) atoms. The Morgan fingerprint density at radius 2 is 2.27 bits per heavy atom. The number of aromatic nitrogens is 1. The molecule has 2 aliphatic rings. The standard InChI is InChI=1S/C16H25N3O2S/c1-3-21-16(20)19-14(11-7-8-11)9-17-12-5-4-6-13-15(12)22-10(2)18-13/h11-12,14,17H,3-9H2,1-2H3,(H,19,20)/t12-,14-/m1/s1. The molecule has 1 saturated carbocycles. The van der Waals surface area contributed by atoms with Gasteiger partial charge < -0.3 is 15.4 Å². The molecule has 0 radical (unpaired) electrons. The fraction of sp³-hybridized carbons (Fsp3) is 0.750. The topological polar surface area (TPSA) is 63.2 Å². The number of nitrogens with zero attached hydrogens (tertiary/aromatic N) is 1. The number of hydrogen-bond donors (Lipinski definition) is 2. The summed E-state index contributed by atoms with van der Waals surface area (Å²) in [6.07, 6.45) is 5.56. The van der Waals surface area contributed by atoms with Gasteiger partial charge in [-0.25, -0.2) is 9.78 Å². The molecule has 2 atom stereocenters. The van der Waals surface area contributed by atoms with Crippen LogP contribution in [0.2, 0.25) is 0 Å². The van der Waals surface area contributed by atoms with Crippen molar-refractivity contribution in [3.8, 4) is 0 Å². The zero-order valence-corrected chi connectivity index (χ0v) is 14.2. The minimum atomic E-state index is -0.292. The molecule has 1 heterocycles. The summed E-state index contributed by atoms with van der Waals surface area (Å²) in [4.78, 5) is 17.7. The van der Waals surface area contributed by atoms with Crippen molar-refractivity contribution < 1.29 is 9.53 Å². The first-order valence-corrected chi connectivity index (χ1v) is 9.12. The van der Waals surface area contributed by atoms with Gasteiger partial charge in [0.15, 0.2) is 0 Å². The number of hydrogen-bond acceptors (Lipinski definition) is 5. The molecule has 0 aliphatic heterocycles. The van der Waals surface area contributed by atoms with Gasteiger partial charge in [-0.3, -0.25) is 0 Å². The van der Waals surface area contributed by atoms with Crippen molar-refractivity contribution in [3.05, 3.63) is 15.6 Å². The van der Waals surface area contributed by atoms with Crippen LogP contribution in [0.4, 0.5) is 4.79 Å². The first-order chi connectivity index (χ1) is 10.7. The molecular formula is C16H25N3O2S. The van der Waals surface area contributed by atoms with E-state index in [4.69, 9.17) is 4.74 Å². The molecule has 1 aromatic rings. The van der Waals surface area contributed by atoms with E-state index in [0.29, 0.717) is 18.6 Å². The van der Waals surface area contributed by atoms with Crippen molar-refractivity contribution >= 4 is 17.4 Å². The molecule has 2 N–H and O–H groups in total. The van der Waals surface area contributed by atoms with Crippen molar-refractivity contribution in [2.75, 3.05) is 13.2 Å². The normalized spacial score (nSPS) is 22.0. The molecule has 122 valence electrons. The maximum Gasteiger partial charge on any atom is 0.407 e. The van der Waals surface area contributed by atoms with Gasteiger partial charge in [0, 0.05) is 23.5 Å². The van der Waals surface area contributed by atoms with Crippen LogP contribution < -0.4 is 10.6 Å². The second kappa shape index (κ2) is 6.96. The Labute approximate surface area is 135 Å². The molecule has 0 unspecified atom stereocenters. The quantitative estimate of drug-likeness (QED) is 0.845. The van der Waals surface area contributed by atoms with Crippen molar-refractivity contribution in [2.45, 2.75) is 58.0 Å². The molecule has 0 aromatic carbocycles. The Morgan fingerprint density at radius 1 is 1.45 bits per heavy atom. The number of thiazole rings is 1. The van der Waals surface area contributed by atoms with Crippen LogP contribution >= 0.6 is 11.3 Å². The van der Waals surface area contributed by atoms with Gasteiger partial charge in [-0.15, -0.1) is 11.3 Å². The smallest absolute Gasteiger partial charge is 0.407 e. The third-order valence-corrected chi connectivity index (χ3v) is 5.54. The Bertz CT molecular complexity index is 527. The van der Waals surface area contributed by atoms with Crippen LogP contribution in [0.15, 0.2) is 0 Å². The van der Waals surface area contributed by atoms with E-state index in [1.165, 1.54) is 29.8 Å². The molecule has 0 bridgehead atoms. The van der Waals surface area contributed by atoms with Crippen LogP contribution in [-0.4, -0.2) is 30.3 Å². The number of ether oxygens (including phenoxy) is 1. The monoisotopic (exact) mass is 323 g/mol. The van der Waals surface area contributed by atoms with Gasteiger partial charge in [-0.1, -0.05) is 0 Å². The maximum atomic E-state index is 11.7. The summed E-state index contributed by atoms with van der Waals surface area (Å²) in [5.41, 5.74) is 1.27. The molecule has 2 aliphatic carbocycles. The van der Waals surface area contributed by atoms with E-state index >= 15 is 0 Å². The number of carbonyl (C=O) groups is 1. The summed E-state index contributed by atoms with van der Waals surface area (Å²) < 4.78 is 5.02. The molecule has 5 nitrogen and oxygen atoms in total.